The van der Waals surface area contributed by atoms with Crippen molar-refractivity contribution < 1.29 is 19.1 Å². The Kier molecular flexibility index (Phi) is 8.55. The zero-order chi connectivity index (χ0) is 24.1. The highest BCUT2D eigenvalue weighted by Gasteiger charge is 2.44. The number of halogens is 3. The molecule has 0 unspecified atom stereocenters. The summed E-state index contributed by atoms with van der Waals surface area (Å²) in [5, 5.41) is 14.2. The number of hydrogen-bond donors (Lipinski definition) is 1. The molecule has 172 valence electrons. The lowest BCUT2D eigenvalue weighted by molar-refractivity contribution is -0.150. The molecule has 33 heavy (non-hydrogen) atoms. The molecule has 10 heteroatoms. The molecule has 1 amide bonds. The van der Waals surface area contributed by atoms with Crippen molar-refractivity contribution >= 4 is 58.4 Å². The van der Waals surface area contributed by atoms with E-state index in [2.05, 4.69) is 11.4 Å². The molecule has 6 nitrogen and oxygen atoms in total. The quantitative estimate of drug-likeness (QED) is 0.368. The van der Waals surface area contributed by atoms with Gasteiger partial charge in [0.05, 0.1) is 45.5 Å². The summed E-state index contributed by atoms with van der Waals surface area (Å²) in [4.78, 5) is 25.5. The smallest absolute Gasteiger partial charge is 0.319 e. The number of thioether (sulfide) groups is 1. The Morgan fingerprint density at radius 3 is 2.52 bits per heavy atom. The molecular weight excluding hydrogens is 507 g/mol. The van der Waals surface area contributed by atoms with Gasteiger partial charge in [-0.1, -0.05) is 46.9 Å². The third-order valence-corrected chi connectivity index (χ3v) is 7.09. The molecule has 0 aromatic heterocycles. The van der Waals surface area contributed by atoms with E-state index in [1.807, 2.05) is 6.92 Å². The van der Waals surface area contributed by atoms with E-state index < -0.39 is 23.7 Å². The maximum absolute atomic E-state index is 12.9. The fourth-order valence-electron chi connectivity index (χ4n) is 3.45. The van der Waals surface area contributed by atoms with Gasteiger partial charge in [0.15, 0.2) is 0 Å². The van der Waals surface area contributed by atoms with Crippen LogP contribution in [0, 0.1) is 17.2 Å². The first-order valence-corrected chi connectivity index (χ1v) is 11.9. The molecule has 2 atom stereocenters. The van der Waals surface area contributed by atoms with Gasteiger partial charge in [-0.2, -0.15) is 5.26 Å². The molecule has 1 N–H and O–H groups in total. The van der Waals surface area contributed by atoms with Gasteiger partial charge in [-0.05, 0) is 42.3 Å². The van der Waals surface area contributed by atoms with Crippen LogP contribution in [0.2, 0.25) is 15.1 Å². The number of hydrogen-bond acceptors (Lipinski definition) is 6. The van der Waals surface area contributed by atoms with Crippen LogP contribution < -0.4 is 10.1 Å². The van der Waals surface area contributed by atoms with E-state index in [0.29, 0.717) is 43.8 Å². The molecule has 0 radical (unpaired) electrons. The van der Waals surface area contributed by atoms with E-state index in [0.717, 1.165) is 5.56 Å². The Hall–Kier alpha value is -2.37. The number of nitrogens with one attached hydrogen (secondary N) is 1. The largest absolute Gasteiger partial charge is 0.492 e. The summed E-state index contributed by atoms with van der Waals surface area (Å²) >= 11 is 19.7. The third-order valence-electron chi connectivity index (χ3n) is 4.97. The number of nitriles is 1. The van der Waals surface area contributed by atoms with Crippen molar-refractivity contribution in [3.8, 4) is 11.8 Å². The van der Waals surface area contributed by atoms with Crippen molar-refractivity contribution in [3.05, 3.63) is 73.2 Å². The van der Waals surface area contributed by atoms with Crippen LogP contribution in [0.15, 0.2) is 47.0 Å². The normalized spacial score (nSPS) is 17.9. The highest BCUT2D eigenvalue weighted by atomic mass is 35.5. The molecule has 0 spiro atoms. The number of carbonyl (C=O) groups is 2. The molecule has 2 aromatic rings. The number of allylic oxidation sites excluding steroid dienone is 1. The molecule has 0 aliphatic carbocycles. The van der Waals surface area contributed by atoms with Crippen LogP contribution in [-0.2, 0) is 20.1 Å². The minimum absolute atomic E-state index is 0.232. The van der Waals surface area contributed by atoms with Crippen LogP contribution in [-0.4, -0.2) is 25.6 Å². The Labute approximate surface area is 210 Å². The first-order chi connectivity index (χ1) is 15.8. The average molecular weight is 526 g/mol. The second kappa shape index (κ2) is 11.2. The van der Waals surface area contributed by atoms with E-state index >= 15 is 0 Å². The average Bonchev–Trinajstić information content (AvgIpc) is 2.80. The Morgan fingerprint density at radius 2 is 1.91 bits per heavy atom. The molecule has 1 heterocycles. The number of benzene rings is 2. The number of methoxy groups -OCH3 is 1. The van der Waals surface area contributed by atoms with Crippen LogP contribution in [0.1, 0.15) is 24.0 Å². The lowest BCUT2D eigenvalue weighted by Crippen LogP contribution is -2.44. The molecule has 0 fully saturated rings. The summed E-state index contributed by atoms with van der Waals surface area (Å²) in [6, 6.07) is 12.3. The number of rotatable bonds is 7. The van der Waals surface area contributed by atoms with Crippen LogP contribution in [0.25, 0.3) is 0 Å². The lowest BCUT2D eigenvalue weighted by atomic mass is 9.78. The maximum atomic E-state index is 12.9. The number of ether oxygens (including phenoxy) is 2. The summed E-state index contributed by atoms with van der Waals surface area (Å²) < 4.78 is 10.3. The predicted molar refractivity (Wildman–Crippen MR) is 129 cm³/mol. The summed E-state index contributed by atoms with van der Waals surface area (Å²) in [5.41, 5.74) is 1.61. The van der Waals surface area contributed by atoms with Gasteiger partial charge >= 0.3 is 5.97 Å². The van der Waals surface area contributed by atoms with Crippen molar-refractivity contribution in [2.24, 2.45) is 5.92 Å². The topological polar surface area (TPSA) is 88.4 Å². The van der Waals surface area contributed by atoms with Gasteiger partial charge in [0, 0.05) is 11.7 Å². The molecular formula is C23H19Cl3N2O4S. The van der Waals surface area contributed by atoms with Gasteiger partial charge in [-0.15, -0.1) is 11.8 Å². The van der Waals surface area contributed by atoms with Crippen LogP contribution >= 0.6 is 46.6 Å². The van der Waals surface area contributed by atoms with Gasteiger partial charge in [-0.25, -0.2) is 0 Å². The Balaban J connectivity index is 2.03. The maximum Gasteiger partial charge on any atom is 0.319 e. The minimum atomic E-state index is -1.24. The van der Waals surface area contributed by atoms with Gasteiger partial charge in [-0.3, -0.25) is 9.59 Å². The summed E-state index contributed by atoms with van der Waals surface area (Å²) in [6.45, 7) is 2.26. The van der Waals surface area contributed by atoms with E-state index in [4.69, 9.17) is 44.3 Å². The summed E-state index contributed by atoms with van der Waals surface area (Å²) in [5.74, 6) is -2.54. The number of nitrogens with zero attached hydrogens (tertiary/aromatic N) is 1. The van der Waals surface area contributed by atoms with Gasteiger partial charge < -0.3 is 14.8 Å². The van der Waals surface area contributed by atoms with Crippen LogP contribution in [0.4, 0.5) is 0 Å². The molecule has 1 aliphatic rings. The lowest BCUT2D eigenvalue weighted by Gasteiger charge is -2.31. The van der Waals surface area contributed by atoms with Gasteiger partial charge in [0.1, 0.15) is 11.7 Å². The van der Waals surface area contributed by atoms with E-state index in [1.54, 1.807) is 36.4 Å². The predicted octanol–water partition coefficient (Wildman–Crippen LogP) is 5.72. The molecule has 0 saturated heterocycles. The summed E-state index contributed by atoms with van der Waals surface area (Å²) in [7, 11) is 1.20. The van der Waals surface area contributed by atoms with E-state index in [1.165, 1.54) is 18.9 Å². The highest BCUT2D eigenvalue weighted by Crippen LogP contribution is 2.42. The van der Waals surface area contributed by atoms with Crippen molar-refractivity contribution in [2.45, 2.75) is 18.6 Å². The minimum Gasteiger partial charge on any atom is -0.492 e. The summed E-state index contributed by atoms with van der Waals surface area (Å²) in [6.07, 6.45) is 0. The van der Waals surface area contributed by atoms with Crippen LogP contribution in [0.3, 0.4) is 0 Å². The van der Waals surface area contributed by atoms with Crippen LogP contribution in [0.5, 0.6) is 5.75 Å². The standard InChI is InChI=1S/C23H19Cl3N2O4S/c1-3-32-18-7-5-13(9-17(18)26)19-14(10-27)22(28-21(29)20(19)23(30)31-2)33-11-12-4-6-15(24)16(25)8-12/h4-9,19-20H,3,11H2,1-2H3,(H,28,29)/t19-,20+/m1/s1. The highest BCUT2D eigenvalue weighted by molar-refractivity contribution is 8.02. The van der Waals surface area contributed by atoms with Crippen molar-refractivity contribution in [3.63, 3.8) is 0 Å². The monoisotopic (exact) mass is 524 g/mol. The zero-order valence-electron chi connectivity index (χ0n) is 17.7. The molecule has 1 aliphatic heterocycles. The fourth-order valence-corrected chi connectivity index (χ4v) is 5.00. The first kappa shape index (κ1) is 25.3. The number of carbonyl (C=O) groups excluding carboxylic acids is 2. The van der Waals surface area contributed by atoms with Crippen molar-refractivity contribution in [1.82, 2.24) is 5.32 Å². The second-order valence-electron chi connectivity index (χ2n) is 6.98. The molecule has 0 bridgehead atoms. The van der Waals surface area contributed by atoms with E-state index in [-0.39, 0.29) is 5.57 Å². The Morgan fingerprint density at radius 1 is 1.15 bits per heavy atom. The van der Waals surface area contributed by atoms with E-state index in [9.17, 15) is 14.9 Å². The molecule has 2 aromatic carbocycles. The van der Waals surface area contributed by atoms with Crippen molar-refractivity contribution in [2.75, 3.05) is 13.7 Å². The van der Waals surface area contributed by atoms with Gasteiger partial charge in [0.2, 0.25) is 5.91 Å². The second-order valence-corrected chi connectivity index (χ2v) is 9.19. The first-order valence-electron chi connectivity index (χ1n) is 9.82. The fraction of sp³-hybridized carbons (Fsp3) is 0.261. The molecule has 3 rings (SSSR count). The zero-order valence-corrected chi connectivity index (χ0v) is 20.7. The SMILES string of the molecule is CCOc1ccc([C@@H]2C(C#N)=C(SCc3ccc(Cl)c(Cl)c3)NC(=O)[C@H]2C(=O)OC)cc1Cl. The number of amides is 1. The third kappa shape index (κ3) is 5.59. The van der Waals surface area contributed by atoms with Crippen molar-refractivity contribution in [1.29, 1.82) is 5.26 Å². The number of esters is 1. The van der Waals surface area contributed by atoms with Gasteiger partial charge in [0.25, 0.3) is 0 Å². The molecule has 0 saturated carbocycles. The Bertz CT molecular complexity index is 1160.